The third kappa shape index (κ3) is 3.89. The number of ketones is 1. The Bertz CT molecular complexity index is 925. The first-order valence-corrected chi connectivity index (χ1v) is 7.41. The largest absolute Gasteiger partial charge is 0.290 e. The number of aromatic nitrogens is 2. The number of Topliss-reactive ketones (excluding diaryl/α,β-unsaturated/α-hetero) is 1. The molecule has 0 atom stereocenters. The molecule has 2 aromatic carbocycles. The summed E-state index contributed by atoms with van der Waals surface area (Å²) in [6.45, 7) is 0.0118. The zero-order chi connectivity index (χ0) is 17.8. The van der Waals surface area contributed by atoms with Crippen molar-refractivity contribution >= 4 is 11.5 Å². The summed E-state index contributed by atoms with van der Waals surface area (Å²) in [6, 6.07) is 13.3. The molecular weight excluding hydrogens is 325 g/mol. The quantitative estimate of drug-likeness (QED) is 0.310. The predicted molar refractivity (Wildman–Crippen MR) is 87.3 cm³/mol. The standard InChI is InChI=1S/C18H13FN3O3/c19-15-6-4-13(5-7-15)17-8-9-21(12-20-17)11-18(23)14-2-1-3-16(10-14)22(24)25/h1-10,12H,11H2/q+1. The van der Waals surface area contributed by atoms with Crippen molar-refractivity contribution in [2.24, 2.45) is 0 Å². The molecule has 0 unspecified atom stereocenters. The number of nitrogens with zero attached hydrogens (tertiary/aromatic N) is 3. The molecule has 0 aliphatic heterocycles. The first kappa shape index (κ1) is 16.4. The highest BCUT2D eigenvalue weighted by atomic mass is 19.1. The summed E-state index contributed by atoms with van der Waals surface area (Å²) >= 11 is 0. The van der Waals surface area contributed by atoms with E-state index in [2.05, 4.69) is 4.98 Å². The molecule has 0 aliphatic rings. The van der Waals surface area contributed by atoms with Crippen molar-refractivity contribution in [1.82, 2.24) is 4.98 Å². The van der Waals surface area contributed by atoms with Crippen LogP contribution in [0.3, 0.4) is 0 Å². The molecule has 7 heteroatoms. The van der Waals surface area contributed by atoms with Gasteiger partial charge < -0.3 is 0 Å². The summed E-state index contributed by atoms with van der Waals surface area (Å²) in [5.74, 6) is -0.581. The van der Waals surface area contributed by atoms with Gasteiger partial charge in [-0.25, -0.2) is 8.96 Å². The monoisotopic (exact) mass is 338 g/mol. The van der Waals surface area contributed by atoms with Crippen molar-refractivity contribution in [1.29, 1.82) is 0 Å². The fourth-order valence-corrected chi connectivity index (χ4v) is 2.32. The Kier molecular flexibility index (Phi) is 4.56. The van der Waals surface area contributed by atoms with E-state index in [1.54, 1.807) is 29.0 Å². The average molecular weight is 338 g/mol. The second-order valence-corrected chi connectivity index (χ2v) is 5.36. The summed E-state index contributed by atoms with van der Waals surface area (Å²) in [5, 5.41) is 10.8. The Morgan fingerprint density at radius 2 is 1.92 bits per heavy atom. The third-order valence-corrected chi connectivity index (χ3v) is 3.61. The Morgan fingerprint density at radius 3 is 2.56 bits per heavy atom. The Labute approximate surface area is 142 Å². The van der Waals surface area contributed by atoms with Crippen molar-refractivity contribution in [3.63, 3.8) is 0 Å². The molecule has 0 radical (unpaired) electrons. The molecule has 1 heterocycles. The Balaban J connectivity index is 1.75. The van der Waals surface area contributed by atoms with Crippen LogP contribution in [0.5, 0.6) is 0 Å². The molecular formula is C18H13FN3O3+. The van der Waals surface area contributed by atoms with E-state index in [1.165, 1.54) is 42.7 Å². The van der Waals surface area contributed by atoms with E-state index in [9.17, 15) is 19.3 Å². The molecule has 25 heavy (non-hydrogen) atoms. The number of hydrogen-bond donors (Lipinski definition) is 0. The minimum Gasteiger partial charge on any atom is -0.290 e. The molecule has 0 saturated heterocycles. The van der Waals surface area contributed by atoms with Gasteiger partial charge in [-0.15, -0.1) is 0 Å². The van der Waals surface area contributed by atoms with Crippen molar-refractivity contribution in [2.75, 3.05) is 0 Å². The van der Waals surface area contributed by atoms with Crippen LogP contribution in [-0.4, -0.2) is 15.7 Å². The van der Waals surface area contributed by atoms with Gasteiger partial charge in [0.1, 0.15) is 5.82 Å². The first-order valence-electron chi connectivity index (χ1n) is 7.41. The van der Waals surface area contributed by atoms with Crippen LogP contribution in [-0.2, 0) is 6.54 Å². The Morgan fingerprint density at radius 1 is 1.16 bits per heavy atom. The maximum atomic E-state index is 12.9. The number of hydrogen-bond acceptors (Lipinski definition) is 4. The molecule has 0 bridgehead atoms. The lowest BCUT2D eigenvalue weighted by molar-refractivity contribution is -0.686. The van der Waals surface area contributed by atoms with Crippen LogP contribution >= 0.6 is 0 Å². The number of nitro benzene ring substituents is 1. The van der Waals surface area contributed by atoms with Crippen molar-refractivity contribution < 1.29 is 18.7 Å². The third-order valence-electron chi connectivity index (χ3n) is 3.61. The van der Waals surface area contributed by atoms with Gasteiger partial charge in [0.05, 0.1) is 11.1 Å². The highest BCUT2D eigenvalue weighted by molar-refractivity contribution is 5.95. The van der Waals surface area contributed by atoms with Gasteiger partial charge in [0.25, 0.3) is 12.0 Å². The van der Waals surface area contributed by atoms with E-state index in [-0.39, 0.29) is 29.4 Å². The average Bonchev–Trinajstić information content (AvgIpc) is 2.63. The predicted octanol–water partition coefficient (Wildman–Crippen LogP) is 2.97. The summed E-state index contributed by atoms with van der Waals surface area (Å²) in [5.41, 5.74) is 1.56. The number of halogens is 1. The number of carbonyl (C=O) groups excluding carboxylic acids is 1. The van der Waals surface area contributed by atoms with Crippen LogP contribution in [0.2, 0.25) is 0 Å². The molecule has 0 saturated carbocycles. The highest BCUT2D eigenvalue weighted by Crippen LogP contribution is 2.16. The minimum atomic E-state index is -0.539. The zero-order valence-corrected chi connectivity index (χ0v) is 13.0. The molecule has 0 spiro atoms. The van der Waals surface area contributed by atoms with Gasteiger partial charge in [-0.3, -0.25) is 14.9 Å². The summed E-state index contributed by atoms with van der Waals surface area (Å²) < 4.78 is 14.5. The van der Waals surface area contributed by atoms with Gasteiger partial charge >= 0.3 is 0 Å². The van der Waals surface area contributed by atoms with Gasteiger partial charge in [0.2, 0.25) is 5.78 Å². The van der Waals surface area contributed by atoms with E-state index in [4.69, 9.17) is 0 Å². The molecule has 3 rings (SSSR count). The van der Waals surface area contributed by atoms with E-state index in [0.717, 1.165) is 5.56 Å². The lowest BCUT2D eigenvalue weighted by Gasteiger charge is -2.01. The number of nitro groups is 1. The fourth-order valence-electron chi connectivity index (χ4n) is 2.32. The van der Waals surface area contributed by atoms with E-state index in [0.29, 0.717) is 5.69 Å². The molecule has 0 amide bonds. The van der Waals surface area contributed by atoms with Crippen molar-refractivity contribution in [3.8, 4) is 11.3 Å². The van der Waals surface area contributed by atoms with Crippen LogP contribution in [0.4, 0.5) is 10.1 Å². The highest BCUT2D eigenvalue weighted by Gasteiger charge is 2.15. The van der Waals surface area contributed by atoms with Crippen LogP contribution in [0.1, 0.15) is 10.4 Å². The first-order chi connectivity index (χ1) is 12.0. The van der Waals surface area contributed by atoms with Gasteiger partial charge in [-0.2, -0.15) is 0 Å². The van der Waals surface area contributed by atoms with Crippen molar-refractivity contribution in [2.45, 2.75) is 6.54 Å². The second-order valence-electron chi connectivity index (χ2n) is 5.36. The van der Waals surface area contributed by atoms with Gasteiger partial charge in [0, 0.05) is 29.3 Å². The smallest absolute Gasteiger partial charge is 0.287 e. The maximum Gasteiger partial charge on any atom is 0.287 e. The minimum absolute atomic E-state index is 0.0118. The van der Waals surface area contributed by atoms with Gasteiger partial charge in [-0.1, -0.05) is 12.1 Å². The summed E-state index contributed by atoms with van der Waals surface area (Å²) in [6.07, 6.45) is 3.18. The number of carbonyl (C=O) groups is 1. The number of non-ortho nitro benzene ring substituents is 1. The topological polar surface area (TPSA) is 77.0 Å². The number of benzene rings is 2. The second kappa shape index (κ2) is 6.96. The SMILES string of the molecule is O=C(C[n+]1ccc(-c2ccc(F)cc2)nc1)c1cccc([N+](=O)[O-])c1. The fraction of sp³-hybridized carbons (Fsp3) is 0.0556. The lowest BCUT2D eigenvalue weighted by atomic mass is 10.1. The zero-order valence-electron chi connectivity index (χ0n) is 13.0. The Hall–Kier alpha value is -3.48. The van der Waals surface area contributed by atoms with Crippen LogP contribution in [0, 0.1) is 15.9 Å². The van der Waals surface area contributed by atoms with E-state index >= 15 is 0 Å². The van der Waals surface area contributed by atoms with E-state index in [1.807, 2.05) is 0 Å². The molecule has 0 N–H and O–H groups in total. The van der Waals surface area contributed by atoms with Gasteiger partial charge in [0.15, 0.2) is 12.2 Å². The van der Waals surface area contributed by atoms with Gasteiger partial charge in [-0.05, 0) is 29.2 Å². The van der Waals surface area contributed by atoms with Crippen LogP contribution in [0.25, 0.3) is 11.3 Å². The maximum absolute atomic E-state index is 12.9. The molecule has 1 aromatic heterocycles. The van der Waals surface area contributed by atoms with Crippen LogP contribution in [0.15, 0.2) is 67.1 Å². The molecule has 0 aliphatic carbocycles. The van der Waals surface area contributed by atoms with Crippen LogP contribution < -0.4 is 4.57 Å². The summed E-state index contributed by atoms with van der Waals surface area (Å²) in [4.78, 5) is 26.8. The van der Waals surface area contributed by atoms with E-state index < -0.39 is 4.92 Å². The molecule has 124 valence electrons. The molecule has 6 nitrogen and oxygen atoms in total. The summed E-state index contributed by atoms with van der Waals surface area (Å²) in [7, 11) is 0. The number of rotatable bonds is 5. The molecule has 0 fully saturated rings. The molecule has 3 aromatic rings. The lowest BCUT2D eigenvalue weighted by Crippen LogP contribution is -2.37. The normalized spacial score (nSPS) is 10.4. The van der Waals surface area contributed by atoms with Crippen molar-refractivity contribution in [3.05, 3.63) is 88.6 Å².